The van der Waals surface area contributed by atoms with E-state index in [1.54, 1.807) is 6.20 Å². The lowest BCUT2D eigenvalue weighted by Gasteiger charge is -2.04. The standard InChI is InChI=1S/C10H13N3O/c1-7-8(4-2-3-5-14)6-13-10(12)9(7)11/h6,14H,3,5,11H2,1H3,(H2,12,13). The summed E-state index contributed by atoms with van der Waals surface area (Å²) in [4.78, 5) is 3.91. The Morgan fingerprint density at radius 1 is 1.50 bits per heavy atom. The molecule has 0 aliphatic rings. The van der Waals surface area contributed by atoms with Crippen LogP contribution in [0.25, 0.3) is 0 Å². The molecule has 0 aliphatic carbocycles. The topological polar surface area (TPSA) is 85.2 Å². The van der Waals surface area contributed by atoms with Crippen LogP contribution in [0.15, 0.2) is 6.20 Å². The van der Waals surface area contributed by atoms with Crippen LogP contribution in [0.3, 0.4) is 0 Å². The largest absolute Gasteiger partial charge is 0.395 e. The zero-order valence-electron chi connectivity index (χ0n) is 8.04. The van der Waals surface area contributed by atoms with Crippen molar-refractivity contribution in [2.75, 3.05) is 18.1 Å². The highest BCUT2D eigenvalue weighted by molar-refractivity contribution is 5.66. The normalized spacial score (nSPS) is 9.29. The number of nitrogens with two attached hydrogens (primary N) is 2. The molecule has 0 radical (unpaired) electrons. The van der Waals surface area contributed by atoms with Gasteiger partial charge in [0.15, 0.2) is 0 Å². The van der Waals surface area contributed by atoms with Crippen molar-refractivity contribution in [2.45, 2.75) is 13.3 Å². The van der Waals surface area contributed by atoms with Crippen LogP contribution >= 0.6 is 0 Å². The van der Waals surface area contributed by atoms with Gasteiger partial charge in [0.05, 0.1) is 12.3 Å². The summed E-state index contributed by atoms with van der Waals surface area (Å²) in [6.07, 6.45) is 2.04. The number of nitrogen functional groups attached to an aromatic ring is 2. The first kappa shape index (κ1) is 10.4. The zero-order chi connectivity index (χ0) is 10.6. The fourth-order valence-corrected chi connectivity index (χ4v) is 0.977. The molecule has 1 heterocycles. The Morgan fingerprint density at radius 2 is 2.21 bits per heavy atom. The first-order chi connectivity index (χ1) is 6.66. The molecule has 0 aliphatic heterocycles. The number of anilines is 2. The van der Waals surface area contributed by atoms with Crippen LogP contribution in [0.2, 0.25) is 0 Å². The van der Waals surface area contributed by atoms with E-state index in [1.807, 2.05) is 6.92 Å². The Hall–Kier alpha value is -1.73. The summed E-state index contributed by atoms with van der Waals surface area (Å²) < 4.78 is 0. The van der Waals surface area contributed by atoms with Crippen LogP contribution in [-0.2, 0) is 0 Å². The SMILES string of the molecule is Cc1c(C#CCCO)cnc(N)c1N. The van der Waals surface area contributed by atoms with Crippen molar-refractivity contribution in [3.05, 3.63) is 17.3 Å². The predicted molar refractivity (Wildman–Crippen MR) is 56.4 cm³/mol. The van der Waals surface area contributed by atoms with Gasteiger partial charge >= 0.3 is 0 Å². The minimum absolute atomic E-state index is 0.0595. The highest BCUT2D eigenvalue weighted by Gasteiger charge is 2.03. The molecule has 74 valence electrons. The van der Waals surface area contributed by atoms with E-state index in [1.165, 1.54) is 0 Å². The second kappa shape index (κ2) is 4.49. The number of rotatable bonds is 1. The summed E-state index contributed by atoms with van der Waals surface area (Å²) in [5, 5.41) is 8.55. The molecule has 0 spiro atoms. The molecular formula is C10H13N3O. The van der Waals surface area contributed by atoms with Gasteiger partial charge in [-0.25, -0.2) is 4.98 Å². The van der Waals surface area contributed by atoms with Gasteiger partial charge in [0.2, 0.25) is 0 Å². The van der Waals surface area contributed by atoms with Crippen molar-refractivity contribution < 1.29 is 5.11 Å². The van der Waals surface area contributed by atoms with E-state index in [4.69, 9.17) is 16.6 Å². The van der Waals surface area contributed by atoms with Gasteiger partial charge in [-0.05, 0) is 12.5 Å². The van der Waals surface area contributed by atoms with Gasteiger partial charge in [-0.1, -0.05) is 11.8 Å². The van der Waals surface area contributed by atoms with Crippen molar-refractivity contribution in [1.82, 2.24) is 4.98 Å². The minimum atomic E-state index is 0.0595. The summed E-state index contributed by atoms with van der Waals surface area (Å²) >= 11 is 0. The fraction of sp³-hybridized carbons (Fsp3) is 0.300. The zero-order valence-corrected chi connectivity index (χ0v) is 8.04. The number of pyridine rings is 1. The van der Waals surface area contributed by atoms with E-state index in [0.717, 1.165) is 11.1 Å². The van der Waals surface area contributed by atoms with Crippen LogP contribution in [0.4, 0.5) is 11.5 Å². The average Bonchev–Trinajstić information content (AvgIpc) is 2.18. The Labute approximate surface area is 82.9 Å². The number of aliphatic hydroxyl groups is 1. The number of hydrogen-bond donors (Lipinski definition) is 3. The van der Waals surface area contributed by atoms with Gasteiger partial charge in [0.1, 0.15) is 5.82 Å². The van der Waals surface area contributed by atoms with Crippen LogP contribution < -0.4 is 11.5 Å². The second-order valence-corrected chi connectivity index (χ2v) is 2.87. The summed E-state index contributed by atoms with van der Waals surface area (Å²) in [7, 11) is 0. The quantitative estimate of drug-likeness (QED) is 0.557. The molecule has 1 aromatic heterocycles. The lowest BCUT2D eigenvalue weighted by Crippen LogP contribution is -2.01. The van der Waals surface area contributed by atoms with Crippen LogP contribution in [0, 0.1) is 18.8 Å². The van der Waals surface area contributed by atoms with Crippen LogP contribution in [-0.4, -0.2) is 16.7 Å². The Morgan fingerprint density at radius 3 is 2.86 bits per heavy atom. The third-order valence-electron chi connectivity index (χ3n) is 1.88. The summed E-state index contributed by atoms with van der Waals surface area (Å²) in [5.41, 5.74) is 13.3. The molecule has 4 nitrogen and oxygen atoms in total. The maximum Gasteiger partial charge on any atom is 0.146 e. The van der Waals surface area contributed by atoms with Gasteiger partial charge in [-0.15, -0.1) is 0 Å². The van der Waals surface area contributed by atoms with E-state index in [0.29, 0.717) is 17.9 Å². The smallest absolute Gasteiger partial charge is 0.146 e. The molecule has 1 aromatic rings. The van der Waals surface area contributed by atoms with Gasteiger partial charge < -0.3 is 16.6 Å². The van der Waals surface area contributed by atoms with Crippen molar-refractivity contribution in [3.8, 4) is 11.8 Å². The molecule has 0 saturated carbocycles. The summed E-state index contributed by atoms with van der Waals surface area (Å²) in [6.45, 7) is 1.90. The van der Waals surface area contributed by atoms with Crippen molar-refractivity contribution in [1.29, 1.82) is 0 Å². The van der Waals surface area contributed by atoms with Gasteiger partial charge in [0.25, 0.3) is 0 Å². The second-order valence-electron chi connectivity index (χ2n) is 2.87. The number of hydrogen-bond acceptors (Lipinski definition) is 4. The molecule has 14 heavy (non-hydrogen) atoms. The number of nitrogens with zero attached hydrogens (tertiary/aromatic N) is 1. The van der Waals surface area contributed by atoms with Crippen molar-refractivity contribution >= 4 is 11.5 Å². The highest BCUT2D eigenvalue weighted by atomic mass is 16.2. The van der Waals surface area contributed by atoms with Crippen LogP contribution in [0.5, 0.6) is 0 Å². The molecule has 5 N–H and O–H groups in total. The van der Waals surface area contributed by atoms with E-state index < -0.39 is 0 Å². The molecule has 0 atom stereocenters. The van der Waals surface area contributed by atoms with E-state index >= 15 is 0 Å². The number of aliphatic hydroxyl groups excluding tert-OH is 1. The van der Waals surface area contributed by atoms with Gasteiger partial charge in [-0.2, -0.15) is 0 Å². The maximum absolute atomic E-state index is 8.55. The molecule has 0 amide bonds. The van der Waals surface area contributed by atoms with Crippen LogP contribution in [0.1, 0.15) is 17.5 Å². The maximum atomic E-state index is 8.55. The van der Waals surface area contributed by atoms with Crippen molar-refractivity contribution in [2.24, 2.45) is 0 Å². The molecule has 0 aromatic carbocycles. The molecule has 0 unspecified atom stereocenters. The summed E-state index contributed by atoms with van der Waals surface area (Å²) in [6, 6.07) is 0. The van der Waals surface area contributed by atoms with E-state index in [2.05, 4.69) is 16.8 Å². The molecule has 0 saturated heterocycles. The molecule has 0 bridgehead atoms. The lowest BCUT2D eigenvalue weighted by molar-refractivity contribution is 0.305. The summed E-state index contributed by atoms with van der Waals surface area (Å²) in [5.74, 6) is 6.01. The fourth-order valence-electron chi connectivity index (χ4n) is 0.977. The Balaban J connectivity index is 3.02. The monoisotopic (exact) mass is 191 g/mol. The molecule has 1 rings (SSSR count). The Kier molecular flexibility index (Phi) is 3.32. The first-order valence-corrected chi connectivity index (χ1v) is 4.27. The molecule has 4 heteroatoms. The van der Waals surface area contributed by atoms with Gasteiger partial charge in [0, 0.05) is 18.2 Å². The van der Waals surface area contributed by atoms with Crippen molar-refractivity contribution in [3.63, 3.8) is 0 Å². The average molecular weight is 191 g/mol. The predicted octanol–water partition coefficient (Wildman–Crippen LogP) is 0.288. The lowest BCUT2D eigenvalue weighted by atomic mass is 10.1. The first-order valence-electron chi connectivity index (χ1n) is 4.27. The molecule has 0 fully saturated rings. The highest BCUT2D eigenvalue weighted by Crippen LogP contribution is 2.19. The third-order valence-corrected chi connectivity index (χ3v) is 1.88. The van der Waals surface area contributed by atoms with E-state index in [9.17, 15) is 0 Å². The number of aromatic nitrogens is 1. The minimum Gasteiger partial charge on any atom is -0.395 e. The third kappa shape index (κ3) is 2.15. The Bertz CT molecular complexity index is 390. The van der Waals surface area contributed by atoms with Gasteiger partial charge in [-0.3, -0.25) is 0 Å². The van der Waals surface area contributed by atoms with E-state index in [-0.39, 0.29) is 6.61 Å². The molecular weight excluding hydrogens is 178 g/mol.